The molecule has 0 bridgehead atoms. The minimum absolute atomic E-state index is 0.0604. The lowest BCUT2D eigenvalue weighted by Gasteiger charge is -2.31. The summed E-state index contributed by atoms with van der Waals surface area (Å²) >= 11 is 1.43. The number of aromatic nitrogens is 3. The number of nitrogens with zero attached hydrogens (tertiary/aromatic N) is 5. The van der Waals surface area contributed by atoms with Crippen molar-refractivity contribution in [2.45, 2.75) is 45.6 Å². The lowest BCUT2D eigenvalue weighted by molar-refractivity contribution is -0.125. The van der Waals surface area contributed by atoms with Gasteiger partial charge in [-0.15, -0.1) is 5.10 Å². The smallest absolute Gasteiger partial charge is 0.275 e. The Morgan fingerprint density at radius 3 is 2.82 bits per heavy atom. The molecule has 2 aromatic heterocycles. The van der Waals surface area contributed by atoms with Gasteiger partial charge in [-0.1, -0.05) is 18.3 Å². The average Bonchev–Trinajstić information content (AvgIpc) is 3.32. The summed E-state index contributed by atoms with van der Waals surface area (Å²) in [5.74, 6) is 0.241. The van der Waals surface area contributed by atoms with E-state index in [4.69, 9.17) is 0 Å². The Balaban J connectivity index is 1.32. The van der Waals surface area contributed by atoms with Gasteiger partial charge < -0.3 is 10.2 Å². The summed E-state index contributed by atoms with van der Waals surface area (Å²) in [5, 5.41) is 8.42. The van der Waals surface area contributed by atoms with Gasteiger partial charge in [0.25, 0.3) is 5.56 Å². The van der Waals surface area contributed by atoms with Crippen LogP contribution in [0.4, 0.5) is 5.13 Å². The molecule has 9 heteroatoms. The van der Waals surface area contributed by atoms with Crippen molar-refractivity contribution < 1.29 is 4.79 Å². The van der Waals surface area contributed by atoms with Crippen LogP contribution in [-0.2, 0) is 4.79 Å². The van der Waals surface area contributed by atoms with Gasteiger partial charge in [0, 0.05) is 43.4 Å². The fourth-order valence-electron chi connectivity index (χ4n) is 4.28. The van der Waals surface area contributed by atoms with Crippen molar-refractivity contribution in [2.75, 3.05) is 37.6 Å². The highest BCUT2D eigenvalue weighted by atomic mass is 32.1. The number of likely N-dealkylation sites (tertiary alicyclic amines) is 1. The molecule has 2 aromatic rings. The summed E-state index contributed by atoms with van der Waals surface area (Å²) in [6.45, 7) is 8.51. The lowest BCUT2D eigenvalue weighted by Crippen LogP contribution is -2.45. The molecule has 8 nitrogen and oxygen atoms in total. The third-order valence-electron chi connectivity index (χ3n) is 5.92. The van der Waals surface area contributed by atoms with E-state index in [2.05, 4.69) is 32.1 Å². The van der Waals surface area contributed by atoms with Crippen LogP contribution in [-0.4, -0.2) is 64.2 Å². The fraction of sp³-hybridized carbons (Fsp3) is 0.684. The minimum Gasteiger partial charge on any atom is -0.354 e. The second-order valence-electron chi connectivity index (χ2n) is 7.75. The number of anilines is 1. The van der Waals surface area contributed by atoms with E-state index in [0.717, 1.165) is 50.7 Å². The highest BCUT2D eigenvalue weighted by Gasteiger charge is 2.28. The maximum atomic E-state index is 12.6. The standard InChI is InChI=1S/C19H28N6O2S/c1-3-23-8-4-5-15(23)12-20-17(27)14-6-9-24(10-7-14)19-22-25-16(26)11-13(2)21-18(25)28-19/h11,14-15H,3-10,12H2,1-2H3,(H,20,27). The first-order chi connectivity index (χ1) is 13.5. The molecule has 2 aliphatic heterocycles. The van der Waals surface area contributed by atoms with Gasteiger partial charge in [-0.05, 0) is 45.7 Å². The molecule has 0 aromatic carbocycles. The zero-order chi connectivity index (χ0) is 19.7. The molecule has 1 atom stereocenters. The number of carbonyl (C=O) groups excluding carboxylic acids is 1. The highest BCUT2D eigenvalue weighted by Crippen LogP contribution is 2.27. The number of hydrogen-bond donors (Lipinski definition) is 1. The van der Waals surface area contributed by atoms with Gasteiger partial charge in [0.1, 0.15) is 0 Å². The highest BCUT2D eigenvalue weighted by molar-refractivity contribution is 7.20. The van der Waals surface area contributed by atoms with Crippen LogP contribution in [0, 0.1) is 12.8 Å². The van der Waals surface area contributed by atoms with Gasteiger partial charge in [-0.3, -0.25) is 14.5 Å². The summed E-state index contributed by atoms with van der Waals surface area (Å²) in [6, 6.07) is 1.99. The summed E-state index contributed by atoms with van der Waals surface area (Å²) in [5.41, 5.74) is 0.562. The number of hydrogen-bond acceptors (Lipinski definition) is 7. The summed E-state index contributed by atoms with van der Waals surface area (Å²) in [7, 11) is 0. The van der Waals surface area contributed by atoms with Crippen molar-refractivity contribution in [3.05, 3.63) is 22.1 Å². The molecule has 4 heterocycles. The molecule has 1 amide bonds. The maximum Gasteiger partial charge on any atom is 0.275 e. The van der Waals surface area contributed by atoms with E-state index < -0.39 is 0 Å². The predicted molar refractivity (Wildman–Crippen MR) is 110 cm³/mol. The number of fused-ring (bicyclic) bond motifs is 1. The number of nitrogens with one attached hydrogen (secondary N) is 1. The van der Waals surface area contributed by atoms with Crippen LogP contribution in [0.1, 0.15) is 38.3 Å². The van der Waals surface area contributed by atoms with Crippen molar-refractivity contribution >= 4 is 27.3 Å². The van der Waals surface area contributed by atoms with Crippen molar-refractivity contribution in [2.24, 2.45) is 5.92 Å². The lowest BCUT2D eigenvalue weighted by atomic mass is 9.96. The number of amides is 1. The normalized spacial score (nSPS) is 21.5. The van der Waals surface area contributed by atoms with Crippen molar-refractivity contribution in [1.82, 2.24) is 24.8 Å². The van der Waals surface area contributed by atoms with Crippen LogP contribution in [0.2, 0.25) is 0 Å². The molecule has 1 unspecified atom stereocenters. The van der Waals surface area contributed by atoms with E-state index >= 15 is 0 Å². The Labute approximate surface area is 168 Å². The molecule has 1 N–H and O–H groups in total. The van der Waals surface area contributed by atoms with Crippen molar-refractivity contribution in [3.8, 4) is 0 Å². The first-order valence-corrected chi connectivity index (χ1v) is 11.0. The van der Waals surface area contributed by atoms with Crippen LogP contribution in [0.25, 0.3) is 4.96 Å². The van der Waals surface area contributed by atoms with Crippen molar-refractivity contribution in [1.29, 1.82) is 0 Å². The van der Waals surface area contributed by atoms with Gasteiger partial charge >= 0.3 is 0 Å². The Kier molecular flexibility index (Phi) is 5.63. The second-order valence-corrected chi connectivity index (χ2v) is 8.68. The number of carbonyl (C=O) groups is 1. The van der Waals surface area contributed by atoms with Gasteiger partial charge in [-0.2, -0.15) is 4.52 Å². The van der Waals surface area contributed by atoms with E-state index in [0.29, 0.717) is 16.7 Å². The van der Waals surface area contributed by atoms with E-state index in [1.807, 2.05) is 6.92 Å². The Morgan fingerprint density at radius 1 is 1.29 bits per heavy atom. The van der Waals surface area contributed by atoms with Crippen LogP contribution in [0.15, 0.2) is 10.9 Å². The zero-order valence-corrected chi connectivity index (χ0v) is 17.4. The van der Waals surface area contributed by atoms with E-state index in [1.54, 1.807) is 0 Å². The minimum atomic E-state index is -0.146. The van der Waals surface area contributed by atoms with Gasteiger partial charge in [0.2, 0.25) is 16.0 Å². The summed E-state index contributed by atoms with van der Waals surface area (Å²) in [4.78, 5) is 34.3. The largest absolute Gasteiger partial charge is 0.354 e. The molecule has 152 valence electrons. The van der Waals surface area contributed by atoms with Crippen LogP contribution < -0.4 is 15.8 Å². The predicted octanol–water partition coefficient (Wildman–Crippen LogP) is 1.28. The summed E-state index contributed by atoms with van der Waals surface area (Å²) in [6.07, 6.45) is 4.03. The molecule has 2 saturated heterocycles. The second kappa shape index (κ2) is 8.16. The third kappa shape index (κ3) is 3.91. The molecule has 0 aliphatic carbocycles. The van der Waals surface area contributed by atoms with E-state index in [9.17, 15) is 9.59 Å². The Hall–Kier alpha value is -2.00. The molecule has 4 rings (SSSR count). The molecule has 0 saturated carbocycles. The van der Waals surface area contributed by atoms with Gasteiger partial charge in [-0.25, -0.2) is 4.98 Å². The van der Waals surface area contributed by atoms with Crippen LogP contribution in [0.3, 0.4) is 0 Å². The quantitative estimate of drug-likeness (QED) is 0.808. The Morgan fingerprint density at radius 2 is 2.07 bits per heavy atom. The van der Waals surface area contributed by atoms with Gasteiger partial charge in [0.05, 0.1) is 0 Å². The first kappa shape index (κ1) is 19.3. The number of rotatable bonds is 5. The average molecular weight is 405 g/mol. The van der Waals surface area contributed by atoms with E-state index in [1.165, 1.54) is 34.8 Å². The molecule has 0 spiro atoms. The first-order valence-electron chi connectivity index (χ1n) is 10.2. The van der Waals surface area contributed by atoms with Crippen LogP contribution >= 0.6 is 11.3 Å². The van der Waals surface area contributed by atoms with Gasteiger partial charge in [0.15, 0.2) is 0 Å². The SMILES string of the molecule is CCN1CCCC1CNC(=O)C1CCN(c2nn3c(=O)cc(C)nc3s2)CC1. The maximum absolute atomic E-state index is 12.6. The van der Waals surface area contributed by atoms with E-state index in [-0.39, 0.29) is 17.4 Å². The monoisotopic (exact) mass is 404 g/mol. The summed E-state index contributed by atoms with van der Waals surface area (Å²) < 4.78 is 1.37. The number of piperidine rings is 1. The molecule has 0 radical (unpaired) electrons. The molecule has 2 fully saturated rings. The molecule has 2 aliphatic rings. The number of likely N-dealkylation sites (N-methyl/N-ethyl adjacent to an activating group) is 1. The zero-order valence-electron chi connectivity index (χ0n) is 16.6. The molecule has 28 heavy (non-hydrogen) atoms. The van der Waals surface area contributed by atoms with Crippen molar-refractivity contribution in [3.63, 3.8) is 0 Å². The molecular weight excluding hydrogens is 376 g/mol. The fourth-order valence-corrected chi connectivity index (χ4v) is 5.28. The topological polar surface area (TPSA) is 82.8 Å². The molecular formula is C19H28N6O2S. The third-order valence-corrected chi connectivity index (χ3v) is 6.89. The van der Waals surface area contributed by atoms with Crippen LogP contribution in [0.5, 0.6) is 0 Å². The Bertz CT molecular complexity index is 901. The number of aryl methyl sites for hydroxylation is 1.